The highest BCUT2D eigenvalue weighted by Crippen LogP contribution is 2.59. The fraction of sp³-hybridized carbons (Fsp3) is 0.379. The van der Waals surface area contributed by atoms with E-state index in [0.29, 0.717) is 17.7 Å². The first-order valence-corrected chi connectivity index (χ1v) is 14.7. The maximum Gasteiger partial charge on any atom is 0.435 e. The van der Waals surface area contributed by atoms with Crippen molar-refractivity contribution in [1.29, 1.82) is 0 Å². The number of aryl methyl sites for hydroxylation is 1. The Morgan fingerprint density at radius 2 is 1.53 bits per heavy atom. The number of aromatic nitrogens is 1. The minimum absolute atomic E-state index is 0.0448. The average Bonchev–Trinajstić information content (AvgIpc) is 3.31. The molecular formula is C29H24F8N2O3S. The molecule has 1 saturated carbocycles. The quantitative estimate of drug-likeness (QED) is 0.257. The monoisotopic (exact) mass is 632 g/mol. The predicted molar refractivity (Wildman–Crippen MR) is 138 cm³/mol. The Bertz CT molecular complexity index is 1610. The molecule has 0 bridgehead atoms. The highest BCUT2D eigenvalue weighted by Gasteiger charge is 2.73. The lowest BCUT2D eigenvalue weighted by atomic mass is 9.74. The molecule has 0 unspecified atom stereocenters. The van der Waals surface area contributed by atoms with Crippen LogP contribution in [0.15, 0.2) is 71.9 Å². The van der Waals surface area contributed by atoms with Crippen LogP contribution in [-0.2, 0) is 37.9 Å². The molecule has 5 rings (SSSR count). The van der Waals surface area contributed by atoms with E-state index in [2.05, 4.69) is 10.3 Å². The van der Waals surface area contributed by atoms with Gasteiger partial charge in [0.1, 0.15) is 10.6 Å². The summed E-state index contributed by atoms with van der Waals surface area (Å²) in [5.74, 6) is -2.00. The largest absolute Gasteiger partial charge is 0.435 e. The first-order chi connectivity index (χ1) is 20.0. The van der Waals surface area contributed by atoms with E-state index in [9.17, 15) is 48.3 Å². The van der Waals surface area contributed by atoms with Crippen molar-refractivity contribution in [3.05, 3.63) is 95.1 Å². The number of alkyl halides is 7. The van der Waals surface area contributed by atoms with Crippen molar-refractivity contribution in [2.45, 2.75) is 65.8 Å². The number of fused-ring (bicyclic) bond motifs is 3. The summed E-state index contributed by atoms with van der Waals surface area (Å²) in [5, 5.41) is 2.85. The van der Waals surface area contributed by atoms with Gasteiger partial charge in [0.05, 0.1) is 11.3 Å². The van der Waals surface area contributed by atoms with Crippen LogP contribution in [0.1, 0.15) is 41.5 Å². The Morgan fingerprint density at radius 1 is 0.907 bits per heavy atom. The van der Waals surface area contributed by atoms with Gasteiger partial charge in [-0.25, -0.2) is 17.2 Å². The van der Waals surface area contributed by atoms with Gasteiger partial charge in [-0.05, 0) is 78.8 Å². The van der Waals surface area contributed by atoms with E-state index < -0.39 is 61.9 Å². The lowest BCUT2D eigenvalue weighted by Gasteiger charge is -2.43. The van der Waals surface area contributed by atoms with Crippen LogP contribution in [0.4, 0.5) is 35.1 Å². The summed E-state index contributed by atoms with van der Waals surface area (Å²) in [5.41, 5.74) is -7.01. The summed E-state index contributed by atoms with van der Waals surface area (Å²) in [6.07, 6.45) is -9.99. The van der Waals surface area contributed by atoms with Gasteiger partial charge in [0.2, 0.25) is 5.91 Å². The van der Waals surface area contributed by atoms with Gasteiger partial charge in [0.15, 0.2) is 9.84 Å². The molecule has 2 aromatic carbocycles. The topological polar surface area (TPSA) is 76.1 Å². The molecule has 5 nitrogen and oxygen atoms in total. The second kappa shape index (κ2) is 10.6. The van der Waals surface area contributed by atoms with Crippen molar-refractivity contribution >= 4 is 15.7 Å². The minimum Gasteiger partial charge on any atom is -0.353 e. The van der Waals surface area contributed by atoms with E-state index in [1.54, 1.807) is 12.1 Å². The van der Waals surface area contributed by atoms with Gasteiger partial charge in [0.25, 0.3) is 0 Å². The van der Waals surface area contributed by atoms with Gasteiger partial charge in [-0.2, -0.15) is 26.3 Å². The van der Waals surface area contributed by atoms with Gasteiger partial charge in [0, 0.05) is 29.9 Å². The van der Waals surface area contributed by atoms with Crippen molar-refractivity contribution in [2.24, 2.45) is 5.92 Å². The average molecular weight is 633 g/mol. The second-order valence-corrected chi connectivity index (χ2v) is 13.0. The molecule has 1 amide bonds. The molecule has 0 radical (unpaired) electrons. The minimum atomic E-state index is -6.34. The van der Waals surface area contributed by atoms with E-state index in [1.807, 2.05) is 0 Å². The number of sulfone groups is 1. The molecular weight excluding hydrogens is 608 g/mol. The molecule has 1 heterocycles. The van der Waals surface area contributed by atoms with Crippen molar-refractivity contribution in [3.8, 4) is 0 Å². The number of rotatable bonds is 6. The summed E-state index contributed by atoms with van der Waals surface area (Å²) in [7, 11) is -4.49. The first-order valence-electron chi connectivity index (χ1n) is 13.2. The Hall–Kier alpha value is -3.55. The Balaban J connectivity index is 1.61. The molecule has 230 valence electrons. The maximum absolute atomic E-state index is 14.9. The fourth-order valence-corrected chi connectivity index (χ4v) is 8.97. The number of hydrogen-bond acceptors (Lipinski definition) is 4. The number of nitrogens with one attached hydrogen (secondary N) is 1. The number of amides is 1. The van der Waals surface area contributed by atoms with Crippen molar-refractivity contribution in [3.63, 3.8) is 0 Å². The number of nitrogens with zero attached hydrogens (tertiary/aromatic N) is 1. The van der Waals surface area contributed by atoms with Gasteiger partial charge in [-0.1, -0.05) is 18.2 Å². The number of halogens is 8. The standard InChI is InChI=1S/C29H24F8N2O3S/c30-20-3-5-21(6-4-20)43(41,42)26-12-9-24(39-25(40)15-17-10-13-38-14-11-17)23(26)7-1-18-16-19(2-8-22(18)26)27(31,28(32,33)34)29(35,36)37/h2-6,8,10-11,13-14,16,23-24H,1,7,9,12,15H2,(H,39,40)/t23-,24+,26+/m0/s1. The van der Waals surface area contributed by atoms with Gasteiger partial charge >= 0.3 is 18.0 Å². The predicted octanol–water partition coefficient (Wildman–Crippen LogP) is 6.26. The Labute approximate surface area is 241 Å². The molecule has 1 aromatic heterocycles. The first kappa shape index (κ1) is 30.9. The lowest BCUT2D eigenvalue weighted by Crippen LogP contribution is -2.51. The molecule has 1 fully saturated rings. The molecule has 0 aliphatic heterocycles. The van der Waals surface area contributed by atoms with E-state index in [-0.39, 0.29) is 48.1 Å². The number of carbonyl (C=O) groups is 1. The van der Waals surface area contributed by atoms with Crippen molar-refractivity contribution < 1.29 is 48.3 Å². The number of hydrogen-bond donors (Lipinski definition) is 1. The van der Waals surface area contributed by atoms with Crippen LogP contribution in [0.25, 0.3) is 0 Å². The van der Waals surface area contributed by atoms with E-state index in [1.165, 1.54) is 12.4 Å². The Morgan fingerprint density at radius 3 is 2.14 bits per heavy atom. The van der Waals surface area contributed by atoms with Crippen LogP contribution in [0.5, 0.6) is 0 Å². The molecule has 3 aromatic rings. The highest BCUT2D eigenvalue weighted by atomic mass is 32.2. The molecule has 2 aliphatic carbocycles. The van der Waals surface area contributed by atoms with Gasteiger partial charge in [-0.3, -0.25) is 9.78 Å². The van der Waals surface area contributed by atoms with Crippen LogP contribution in [0, 0.1) is 11.7 Å². The molecule has 14 heteroatoms. The van der Waals surface area contributed by atoms with Crippen LogP contribution in [-0.4, -0.2) is 37.7 Å². The zero-order chi connectivity index (χ0) is 31.4. The molecule has 0 spiro atoms. The van der Waals surface area contributed by atoms with Crippen LogP contribution in [0.2, 0.25) is 0 Å². The number of carbonyl (C=O) groups excluding carboxylic acids is 1. The van der Waals surface area contributed by atoms with Crippen LogP contribution in [0.3, 0.4) is 0 Å². The third-order valence-electron chi connectivity index (χ3n) is 8.44. The second-order valence-electron chi connectivity index (χ2n) is 10.8. The zero-order valence-electron chi connectivity index (χ0n) is 22.1. The molecule has 43 heavy (non-hydrogen) atoms. The number of benzene rings is 2. The summed E-state index contributed by atoms with van der Waals surface area (Å²) >= 11 is 0. The normalized spacial score (nSPS) is 22.5. The summed E-state index contributed by atoms with van der Waals surface area (Å²) in [4.78, 5) is 16.5. The molecule has 3 atom stereocenters. The van der Waals surface area contributed by atoms with E-state index in [0.717, 1.165) is 30.3 Å². The summed E-state index contributed by atoms with van der Waals surface area (Å²) < 4.78 is 136. The van der Waals surface area contributed by atoms with Crippen molar-refractivity contribution in [1.82, 2.24) is 10.3 Å². The van der Waals surface area contributed by atoms with Gasteiger partial charge < -0.3 is 5.32 Å². The lowest BCUT2D eigenvalue weighted by molar-refractivity contribution is -0.348. The SMILES string of the molecule is O=C(Cc1ccncc1)N[C@@H]1CC[C@@]2(S(=O)(=O)c3ccc(F)cc3)c3ccc(C(F)(C(F)(F)F)C(F)(F)F)cc3CC[C@@H]12. The summed E-state index contributed by atoms with van der Waals surface area (Å²) in [6.45, 7) is 0. The smallest absolute Gasteiger partial charge is 0.353 e. The third kappa shape index (κ3) is 4.96. The molecule has 0 saturated heterocycles. The van der Waals surface area contributed by atoms with Gasteiger partial charge in [-0.15, -0.1) is 0 Å². The fourth-order valence-electron chi connectivity index (χ4n) is 6.50. The zero-order valence-corrected chi connectivity index (χ0v) is 23.0. The maximum atomic E-state index is 14.9. The van der Waals surface area contributed by atoms with Crippen LogP contribution < -0.4 is 5.32 Å². The van der Waals surface area contributed by atoms with Crippen LogP contribution >= 0.6 is 0 Å². The third-order valence-corrected chi connectivity index (χ3v) is 11.0. The molecule has 1 N–H and O–H groups in total. The molecule has 2 aliphatic rings. The highest BCUT2D eigenvalue weighted by molar-refractivity contribution is 7.92. The Kier molecular flexibility index (Phi) is 7.59. The van der Waals surface area contributed by atoms with E-state index >= 15 is 0 Å². The number of pyridine rings is 1. The van der Waals surface area contributed by atoms with E-state index in [4.69, 9.17) is 0 Å². The summed E-state index contributed by atoms with van der Waals surface area (Å²) in [6, 6.07) is 7.97. The van der Waals surface area contributed by atoms with Crippen molar-refractivity contribution in [2.75, 3.05) is 0 Å².